The molecule has 2 N–H and O–H groups in total. The summed E-state index contributed by atoms with van der Waals surface area (Å²) in [5.74, 6) is -0.252. The van der Waals surface area contributed by atoms with Crippen LogP contribution in [0.3, 0.4) is 0 Å². The summed E-state index contributed by atoms with van der Waals surface area (Å²) >= 11 is 0. The van der Waals surface area contributed by atoms with Crippen molar-refractivity contribution < 1.29 is 23.5 Å². The molecule has 0 radical (unpaired) electrons. The zero-order chi connectivity index (χ0) is 24.6. The molecule has 1 aliphatic carbocycles. The molecule has 0 saturated heterocycles. The molecule has 2 aliphatic rings. The number of carbonyl (C=O) groups is 2. The molecule has 2 aromatic carbocycles. The summed E-state index contributed by atoms with van der Waals surface area (Å²) in [6, 6.07) is 11.0. The van der Waals surface area contributed by atoms with Crippen LogP contribution < -0.4 is 20.1 Å². The summed E-state index contributed by atoms with van der Waals surface area (Å²) in [7, 11) is 3.12. The number of rotatable bonds is 5. The van der Waals surface area contributed by atoms with Gasteiger partial charge in [-0.15, -0.1) is 0 Å². The second-order valence-electron chi connectivity index (χ2n) is 9.50. The van der Waals surface area contributed by atoms with E-state index in [9.17, 15) is 14.0 Å². The van der Waals surface area contributed by atoms with Crippen LogP contribution in [0.2, 0.25) is 0 Å². The lowest BCUT2D eigenvalue weighted by Gasteiger charge is -2.40. The number of hydrogen-bond acceptors (Lipinski definition) is 5. The first kappa shape index (κ1) is 23.5. The zero-order valence-corrected chi connectivity index (χ0v) is 20.0. The molecule has 1 amide bonds. The van der Waals surface area contributed by atoms with Crippen molar-refractivity contribution in [1.82, 2.24) is 5.32 Å². The molecule has 178 valence electrons. The number of amides is 1. The maximum atomic E-state index is 13.6. The van der Waals surface area contributed by atoms with Crippen LogP contribution in [0, 0.1) is 11.2 Å². The Labute approximate surface area is 198 Å². The number of nitrogens with one attached hydrogen (secondary N) is 2. The number of dihydropyridines is 1. The minimum Gasteiger partial charge on any atom is -0.497 e. The molecule has 0 saturated carbocycles. The van der Waals surface area contributed by atoms with E-state index < -0.39 is 11.7 Å². The Bertz CT molecular complexity index is 1210. The average molecular weight is 465 g/mol. The van der Waals surface area contributed by atoms with Crippen LogP contribution in [-0.2, 0) is 9.59 Å². The van der Waals surface area contributed by atoms with Crippen molar-refractivity contribution in [2.45, 2.75) is 39.5 Å². The Hall–Kier alpha value is -3.61. The number of methoxy groups -OCH3 is 2. The quantitative estimate of drug-likeness (QED) is 0.645. The summed E-state index contributed by atoms with van der Waals surface area (Å²) in [6.45, 7) is 5.96. The fourth-order valence-electron chi connectivity index (χ4n) is 4.84. The summed E-state index contributed by atoms with van der Waals surface area (Å²) in [5.41, 5.74) is 3.46. The first-order chi connectivity index (χ1) is 16.1. The van der Waals surface area contributed by atoms with Crippen molar-refractivity contribution >= 4 is 17.4 Å². The molecule has 1 aliphatic heterocycles. The van der Waals surface area contributed by atoms with Crippen molar-refractivity contribution in [3.05, 3.63) is 76.4 Å². The third-order valence-electron chi connectivity index (χ3n) is 6.34. The second kappa shape index (κ2) is 8.97. The Morgan fingerprint density at radius 3 is 2.44 bits per heavy atom. The van der Waals surface area contributed by atoms with Crippen LogP contribution >= 0.6 is 0 Å². The highest BCUT2D eigenvalue weighted by molar-refractivity contribution is 6.10. The molecule has 1 atom stereocenters. The van der Waals surface area contributed by atoms with Crippen molar-refractivity contribution in [3.8, 4) is 11.5 Å². The van der Waals surface area contributed by atoms with Crippen LogP contribution in [-0.4, -0.2) is 25.9 Å². The Morgan fingerprint density at radius 2 is 1.79 bits per heavy atom. The number of benzene rings is 2. The number of Topliss-reactive ketones (excluding diaryl/α,β-unsaturated/α-hetero) is 1. The predicted molar refractivity (Wildman–Crippen MR) is 128 cm³/mol. The van der Waals surface area contributed by atoms with Gasteiger partial charge >= 0.3 is 0 Å². The highest BCUT2D eigenvalue weighted by Crippen LogP contribution is 2.49. The van der Waals surface area contributed by atoms with Gasteiger partial charge < -0.3 is 20.1 Å². The smallest absolute Gasteiger partial charge is 0.254 e. The molecular formula is C27H29FN2O4. The van der Waals surface area contributed by atoms with Crippen molar-refractivity contribution in [3.63, 3.8) is 0 Å². The lowest BCUT2D eigenvalue weighted by atomic mass is 9.68. The van der Waals surface area contributed by atoms with Gasteiger partial charge in [0.05, 0.1) is 20.1 Å². The largest absolute Gasteiger partial charge is 0.497 e. The fourth-order valence-corrected chi connectivity index (χ4v) is 4.84. The molecule has 1 unspecified atom stereocenters. The number of halogens is 1. The molecule has 6 nitrogen and oxygen atoms in total. The number of allylic oxidation sites excluding steroid dienone is 3. The van der Waals surface area contributed by atoms with Gasteiger partial charge in [-0.25, -0.2) is 4.39 Å². The summed E-state index contributed by atoms with van der Waals surface area (Å²) in [6.07, 6.45) is 1.07. The maximum absolute atomic E-state index is 13.6. The third kappa shape index (κ3) is 4.42. The Balaban J connectivity index is 1.85. The monoisotopic (exact) mass is 464 g/mol. The molecule has 0 fully saturated rings. The van der Waals surface area contributed by atoms with E-state index in [0.717, 1.165) is 5.70 Å². The standard InChI is InChI=1S/C27H29FN2O4/c1-15-23(26(32)30-17-8-6-16(28)7-9-17)24(19-11-10-18(33-4)12-22(19)34-5)25-20(29-15)13-27(2,3)14-21(25)31/h6-12,24,29H,13-14H2,1-5H3,(H,30,32). The SMILES string of the molecule is COc1ccc(C2C(C(=O)Nc3ccc(F)cc3)=C(C)NC3=C2C(=O)CC(C)(C)C3)c(OC)c1. The van der Waals surface area contributed by atoms with E-state index in [-0.39, 0.29) is 17.1 Å². The van der Waals surface area contributed by atoms with E-state index in [1.165, 1.54) is 24.3 Å². The number of ketones is 1. The summed E-state index contributed by atoms with van der Waals surface area (Å²) < 4.78 is 24.4. The second-order valence-corrected chi connectivity index (χ2v) is 9.50. The molecule has 0 bridgehead atoms. The van der Waals surface area contributed by atoms with Crippen molar-refractivity contribution in [1.29, 1.82) is 0 Å². The Morgan fingerprint density at radius 1 is 1.09 bits per heavy atom. The molecular weight excluding hydrogens is 435 g/mol. The van der Waals surface area contributed by atoms with Crippen molar-refractivity contribution in [2.24, 2.45) is 5.41 Å². The van der Waals surface area contributed by atoms with Crippen molar-refractivity contribution in [2.75, 3.05) is 19.5 Å². The van der Waals surface area contributed by atoms with Gasteiger partial charge in [-0.2, -0.15) is 0 Å². The van der Waals surface area contributed by atoms with Crippen LogP contribution in [0.15, 0.2) is 65.0 Å². The molecule has 34 heavy (non-hydrogen) atoms. The van der Waals surface area contributed by atoms with Crippen LogP contribution in [0.1, 0.15) is 45.1 Å². The average Bonchev–Trinajstić information content (AvgIpc) is 2.78. The fraction of sp³-hybridized carbons (Fsp3) is 0.333. The van der Waals surface area contributed by atoms with Crippen LogP contribution in [0.5, 0.6) is 11.5 Å². The first-order valence-electron chi connectivity index (χ1n) is 11.2. The van der Waals surface area contributed by atoms with Gasteiger partial charge in [-0.3, -0.25) is 9.59 Å². The number of anilines is 1. The number of carbonyl (C=O) groups excluding carboxylic acids is 2. The molecule has 7 heteroatoms. The van der Waals surface area contributed by atoms with Gasteiger partial charge in [0.25, 0.3) is 5.91 Å². The molecule has 0 spiro atoms. The number of ether oxygens (including phenoxy) is 2. The minimum atomic E-state index is -0.624. The molecule has 2 aromatic rings. The summed E-state index contributed by atoms with van der Waals surface area (Å²) in [4.78, 5) is 27.0. The van der Waals surface area contributed by atoms with E-state index in [4.69, 9.17) is 9.47 Å². The summed E-state index contributed by atoms with van der Waals surface area (Å²) in [5, 5.41) is 6.19. The molecule has 4 rings (SSSR count). The van der Waals surface area contributed by atoms with Gasteiger partial charge in [0.15, 0.2) is 5.78 Å². The topological polar surface area (TPSA) is 76.7 Å². The van der Waals surface area contributed by atoms with Gasteiger partial charge in [-0.1, -0.05) is 19.9 Å². The molecule has 0 aromatic heterocycles. The lowest BCUT2D eigenvalue weighted by molar-refractivity contribution is -0.118. The third-order valence-corrected chi connectivity index (χ3v) is 6.34. The maximum Gasteiger partial charge on any atom is 0.254 e. The van der Waals surface area contributed by atoms with E-state index in [2.05, 4.69) is 24.5 Å². The van der Waals surface area contributed by atoms with E-state index >= 15 is 0 Å². The highest BCUT2D eigenvalue weighted by atomic mass is 19.1. The number of hydrogen-bond donors (Lipinski definition) is 2. The van der Waals surface area contributed by atoms with Gasteiger partial charge in [-0.05, 0) is 49.1 Å². The van der Waals surface area contributed by atoms with Gasteiger partial charge in [0.1, 0.15) is 17.3 Å². The van der Waals surface area contributed by atoms with Crippen LogP contribution in [0.25, 0.3) is 0 Å². The van der Waals surface area contributed by atoms with Crippen LogP contribution in [0.4, 0.5) is 10.1 Å². The normalized spacial score (nSPS) is 19.4. The zero-order valence-electron chi connectivity index (χ0n) is 20.0. The molecule has 1 heterocycles. The Kier molecular flexibility index (Phi) is 6.21. The minimum absolute atomic E-state index is 0.00111. The van der Waals surface area contributed by atoms with E-state index in [1.54, 1.807) is 26.4 Å². The van der Waals surface area contributed by atoms with E-state index in [1.807, 2.05) is 13.0 Å². The lowest BCUT2D eigenvalue weighted by Crippen LogP contribution is -2.39. The van der Waals surface area contributed by atoms with E-state index in [0.29, 0.717) is 52.4 Å². The first-order valence-corrected chi connectivity index (χ1v) is 11.2. The van der Waals surface area contributed by atoms with Gasteiger partial charge in [0.2, 0.25) is 0 Å². The highest BCUT2D eigenvalue weighted by Gasteiger charge is 2.43. The van der Waals surface area contributed by atoms with Gasteiger partial charge in [0, 0.05) is 46.3 Å². The predicted octanol–water partition coefficient (Wildman–Crippen LogP) is 5.09.